The van der Waals surface area contributed by atoms with Gasteiger partial charge in [0.2, 0.25) is 17.7 Å². The van der Waals surface area contributed by atoms with Crippen molar-refractivity contribution in [3.05, 3.63) is 48.2 Å². The van der Waals surface area contributed by atoms with Gasteiger partial charge in [0.05, 0.1) is 19.2 Å². The van der Waals surface area contributed by atoms with Gasteiger partial charge in [0, 0.05) is 62.3 Å². The van der Waals surface area contributed by atoms with E-state index in [-0.39, 0.29) is 30.3 Å². The molecule has 4 rings (SSSR count). The monoisotopic (exact) mass is 465 g/mol. The molecule has 1 atom stereocenters. The van der Waals surface area contributed by atoms with E-state index in [4.69, 9.17) is 4.74 Å². The predicted octanol–water partition coefficient (Wildman–Crippen LogP) is 2.39. The summed E-state index contributed by atoms with van der Waals surface area (Å²) < 4.78 is 5.13. The highest BCUT2D eigenvalue weighted by Gasteiger charge is 2.31. The molecule has 180 valence electrons. The molecule has 0 aliphatic carbocycles. The highest BCUT2D eigenvalue weighted by molar-refractivity contribution is 6.08. The van der Waals surface area contributed by atoms with Crippen molar-refractivity contribution < 1.29 is 19.1 Å². The lowest BCUT2D eigenvalue weighted by molar-refractivity contribution is -0.143. The Morgan fingerprint density at radius 2 is 1.97 bits per heavy atom. The number of hydrogen-bond donors (Lipinski definition) is 1. The molecule has 2 aliphatic heterocycles. The van der Waals surface area contributed by atoms with Gasteiger partial charge in [-0.3, -0.25) is 14.4 Å². The van der Waals surface area contributed by atoms with Crippen LogP contribution in [-0.4, -0.2) is 78.4 Å². The molecule has 2 aromatic rings. The number of nitrogens with one attached hydrogen (secondary N) is 1. The summed E-state index contributed by atoms with van der Waals surface area (Å²) in [5.74, 6) is 0.253. The Labute approximate surface area is 199 Å². The molecule has 0 bridgehead atoms. The molecule has 9 heteroatoms. The molecule has 0 radical (unpaired) electrons. The fraction of sp³-hybridized carbons (Fsp3) is 0.440. The first kappa shape index (κ1) is 23.5. The first-order chi connectivity index (χ1) is 16.5. The molecule has 0 saturated carbocycles. The molecule has 3 amide bonds. The number of rotatable bonds is 6. The number of nitrogens with zero attached hydrogens (tertiary/aromatic N) is 4. The molecule has 3 heterocycles. The van der Waals surface area contributed by atoms with Crippen LogP contribution >= 0.6 is 0 Å². The summed E-state index contributed by atoms with van der Waals surface area (Å²) in [4.78, 5) is 47.8. The first-order valence-corrected chi connectivity index (χ1v) is 11.7. The Balaban J connectivity index is 1.42. The third-order valence-electron chi connectivity index (χ3n) is 6.39. The maximum atomic E-state index is 13.1. The van der Waals surface area contributed by atoms with Crippen LogP contribution in [0.4, 0.5) is 11.4 Å². The van der Waals surface area contributed by atoms with E-state index in [2.05, 4.69) is 15.2 Å². The van der Waals surface area contributed by atoms with E-state index in [9.17, 15) is 14.4 Å². The van der Waals surface area contributed by atoms with Gasteiger partial charge in [-0.1, -0.05) is 12.1 Å². The number of piperidine rings is 1. The highest BCUT2D eigenvalue weighted by atomic mass is 16.5. The summed E-state index contributed by atoms with van der Waals surface area (Å²) in [5, 5.41) is 2.91. The van der Waals surface area contributed by atoms with E-state index >= 15 is 0 Å². The smallest absolute Gasteiger partial charge is 0.257 e. The zero-order valence-corrected chi connectivity index (χ0v) is 19.7. The summed E-state index contributed by atoms with van der Waals surface area (Å²) >= 11 is 0. The summed E-state index contributed by atoms with van der Waals surface area (Å²) in [6, 6.07) is 10.8. The third-order valence-corrected chi connectivity index (χ3v) is 6.39. The number of piperazine rings is 1. The minimum Gasteiger partial charge on any atom is -0.481 e. The number of likely N-dealkylation sites (tertiary alicyclic amines) is 1. The minimum atomic E-state index is -0.223. The van der Waals surface area contributed by atoms with Gasteiger partial charge in [-0.05, 0) is 38.0 Å². The van der Waals surface area contributed by atoms with E-state index in [1.165, 1.54) is 7.11 Å². The summed E-state index contributed by atoms with van der Waals surface area (Å²) in [6.45, 7) is 4.57. The molecule has 2 saturated heterocycles. The van der Waals surface area contributed by atoms with E-state index in [1.807, 2.05) is 30.0 Å². The second-order valence-corrected chi connectivity index (χ2v) is 8.71. The van der Waals surface area contributed by atoms with Crippen LogP contribution in [0.15, 0.2) is 42.6 Å². The zero-order valence-electron chi connectivity index (χ0n) is 19.7. The number of anilines is 2. The van der Waals surface area contributed by atoms with Gasteiger partial charge in [0.1, 0.15) is 0 Å². The van der Waals surface area contributed by atoms with Crippen molar-refractivity contribution in [1.82, 2.24) is 14.8 Å². The summed E-state index contributed by atoms with van der Waals surface area (Å²) in [7, 11) is 1.53. The van der Waals surface area contributed by atoms with Gasteiger partial charge in [0.25, 0.3) is 5.91 Å². The third kappa shape index (κ3) is 5.30. The van der Waals surface area contributed by atoms with Gasteiger partial charge in [-0.15, -0.1) is 0 Å². The first-order valence-electron chi connectivity index (χ1n) is 11.7. The van der Waals surface area contributed by atoms with E-state index in [1.54, 1.807) is 29.3 Å². The highest BCUT2D eigenvalue weighted by Crippen LogP contribution is 2.25. The van der Waals surface area contributed by atoms with Crippen LogP contribution in [0.1, 0.15) is 36.5 Å². The number of methoxy groups -OCH3 is 1. The number of carbonyl (C=O) groups is 3. The number of aromatic nitrogens is 1. The summed E-state index contributed by atoms with van der Waals surface area (Å²) in [6.07, 6.45) is 3.96. The maximum Gasteiger partial charge on any atom is 0.257 e. The lowest BCUT2D eigenvalue weighted by Crippen LogP contribution is -2.56. The van der Waals surface area contributed by atoms with Crippen molar-refractivity contribution in [2.45, 2.75) is 32.2 Å². The van der Waals surface area contributed by atoms with Crippen LogP contribution in [0.25, 0.3) is 0 Å². The van der Waals surface area contributed by atoms with Gasteiger partial charge < -0.3 is 24.8 Å². The van der Waals surface area contributed by atoms with Crippen molar-refractivity contribution >= 4 is 29.1 Å². The largest absolute Gasteiger partial charge is 0.481 e. The molecule has 2 fully saturated rings. The Morgan fingerprint density at radius 1 is 1.15 bits per heavy atom. The van der Waals surface area contributed by atoms with Crippen molar-refractivity contribution in [3.63, 3.8) is 0 Å². The number of hydrogen-bond acceptors (Lipinski definition) is 6. The topological polar surface area (TPSA) is 95.1 Å². The number of para-hydroxylation sites is 1. The number of pyridine rings is 1. The van der Waals surface area contributed by atoms with Gasteiger partial charge >= 0.3 is 0 Å². The summed E-state index contributed by atoms with van der Waals surface area (Å²) in [5.41, 5.74) is 1.98. The second kappa shape index (κ2) is 10.5. The van der Waals surface area contributed by atoms with Gasteiger partial charge in [-0.2, -0.15) is 0 Å². The van der Waals surface area contributed by atoms with E-state index in [0.717, 1.165) is 18.5 Å². The number of ether oxygens (including phenoxy) is 1. The predicted molar refractivity (Wildman–Crippen MR) is 129 cm³/mol. The molecule has 2 aliphatic rings. The van der Waals surface area contributed by atoms with E-state index in [0.29, 0.717) is 49.7 Å². The average Bonchev–Trinajstić information content (AvgIpc) is 2.85. The van der Waals surface area contributed by atoms with Crippen LogP contribution in [-0.2, 0) is 9.59 Å². The minimum absolute atomic E-state index is 0.0138. The Kier molecular flexibility index (Phi) is 7.30. The second-order valence-electron chi connectivity index (χ2n) is 8.71. The van der Waals surface area contributed by atoms with Crippen LogP contribution in [0.2, 0.25) is 0 Å². The molecular formula is C25H31N5O4. The van der Waals surface area contributed by atoms with Crippen LogP contribution < -0.4 is 15.0 Å². The van der Waals surface area contributed by atoms with Crippen LogP contribution in [0.3, 0.4) is 0 Å². The molecule has 1 aromatic heterocycles. The van der Waals surface area contributed by atoms with Crippen LogP contribution in [0.5, 0.6) is 5.88 Å². The molecule has 1 N–H and O–H groups in total. The fourth-order valence-corrected chi connectivity index (χ4v) is 4.57. The SMILES string of the molecule is COc1cc(NC(=O)c2ccccc2N2CCN(C(=O)CN3CCCCC3=O)[C@@H](C)C2)ccn1. The Hall–Kier alpha value is -3.62. The van der Waals surface area contributed by atoms with Crippen molar-refractivity contribution in [1.29, 1.82) is 0 Å². The van der Waals surface area contributed by atoms with Crippen molar-refractivity contribution in [2.24, 2.45) is 0 Å². The molecule has 9 nitrogen and oxygen atoms in total. The molecule has 0 spiro atoms. The Bertz CT molecular complexity index is 1060. The normalized spacial score (nSPS) is 18.6. The van der Waals surface area contributed by atoms with E-state index < -0.39 is 0 Å². The quantitative estimate of drug-likeness (QED) is 0.704. The standard InChI is InChI=1S/C25H31N5O4/c1-18-16-28(13-14-30(18)24(32)17-29-12-6-5-9-23(29)31)21-8-4-3-7-20(21)25(33)27-19-10-11-26-22(15-19)34-2/h3-4,7-8,10-11,15,18H,5-6,9,12-14,16-17H2,1-2H3,(H,26,27,33)/t18-/m0/s1. The molecule has 34 heavy (non-hydrogen) atoms. The number of benzene rings is 1. The van der Waals surface area contributed by atoms with Crippen molar-refractivity contribution in [2.75, 3.05) is 50.1 Å². The van der Waals surface area contributed by atoms with Gasteiger partial charge in [-0.25, -0.2) is 4.98 Å². The molecule has 0 unspecified atom stereocenters. The van der Waals surface area contributed by atoms with Gasteiger partial charge in [0.15, 0.2) is 0 Å². The maximum absolute atomic E-state index is 13.1. The molecular weight excluding hydrogens is 434 g/mol. The average molecular weight is 466 g/mol. The van der Waals surface area contributed by atoms with Crippen LogP contribution in [0, 0.1) is 0 Å². The van der Waals surface area contributed by atoms with Crippen molar-refractivity contribution in [3.8, 4) is 5.88 Å². The number of amides is 3. The lowest BCUT2D eigenvalue weighted by atomic mass is 10.1. The fourth-order valence-electron chi connectivity index (χ4n) is 4.57. The molecule has 1 aromatic carbocycles. The number of carbonyl (C=O) groups excluding carboxylic acids is 3. The Morgan fingerprint density at radius 3 is 2.74 bits per heavy atom. The zero-order chi connectivity index (χ0) is 24.1. The lowest BCUT2D eigenvalue weighted by Gasteiger charge is -2.42.